The summed E-state index contributed by atoms with van der Waals surface area (Å²) in [6, 6.07) is 21.5. The Morgan fingerprint density at radius 1 is 0.909 bits per heavy atom. The Morgan fingerprint density at radius 2 is 1.48 bits per heavy atom. The number of anilines is 1. The zero-order chi connectivity index (χ0) is 23.8. The highest BCUT2D eigenvalue weighted by Gasteiger charge is 2.27. The maximum absolute atomic E-state index is 13.3. The molecule has 0 radical (unpaired) electrons. The number of benzene rings is 3. The molecule has 0 aliphatic rings. The van der Waals surface area contributed by atoms with Crippen molar-refractivity contribution < 1.29 is 22.7 Å². The van der Waals surface area contributed by atoms with Crippen molar-refractivity contribution in [3.63, 3.8) is 0 Å². The largest absolute Gasteiger partial charge is 0.497 e. The summed E-state index contributed by atoms with van der Waals surface area (Å²) < 4.78 is 32.1. The van der Waals surface area contributed by atoms with E-state index in [2.05, 4.69) is 5.32 Å². The van der Waals surface area contributed by atoms with E-state index in [4.69, 9.17) is 4.74 Å². The van der Waals surface area contributed by atoms with E-state index in [1.807, 2.05) is 35.1 Å². The second-order valence-electron chi connectivity index (χ2n) is 7.23. The van der Waals surface area contributed by atoms with Crippen molar-refractivity contribution in [2.45, 2.75) is 17.4 Å². The third kappa shape index (κ3) is 6.33. The standard InChI is InChI=1S/C24H25N3O5S/c1-27(19-13-15-20(32-2)16-14-19)23(28)22(17-18-9-5-3-6-10-18)25-24(29)26-33(30,31)21-11-7-4-8-12-21/h3-16,22H,17H2,1-2H3,(H2,25,26,29)/t22-/m0/s1. The lowest BCUT2D eigenvalue weighted by atomic mass is 10.0. The molecule has 172 valence electrons. The van der Waals surface area contributed by atoms with Crippen LogP contribution >= 0.6 is 0 Å². The van der Waals surface area contributed by atoms with Crippen LogP contribution in [0.2, 0.25) is 0 Å². The van der Waals surface area contributed by atoms with Crippen LogP contribution in [0.4, 0.5) is 10.5 Å². The number of nitrogens with zero attached hydrogens (tertiary/aromatic N) is 1. The molecule has 0 aliphatic carbocycles. The molecule has 0 saturated heterocycles. The van der Waals surface area contributed by atoms with Gasteiger partial charge < -0.3 is 15.0 Å². The molecular formula is C24H25N3O5S. The summed E-state index contributed by atoms with van der Waals surface area (Å²) in [4.78, 5) is 27.2. The normalized spacial score (nSPS) is 11.8. The Morgan fingerprint density at radius 3 is 2.06 bits per heavy atom. The van der Waals surface area contributed by atoms with Gasteiger partial charge in [-0.15, -0.1) is 0 Å². The first-order valence-electron chi connectivity index (χ1n) is 10.1. The predicted octanol–water partition coefficient (Wildman–Crippen LogP) is 2.96. The van der Waals surface area contributed by atoms with Crippen molar-refractivity contribution in [1.29, 1.82) is 0 Å². The molecule has 0 bridgehead atoms. The smallest absolute Gasteiger partial charge is 0.329 e. The van der Waals surface area contributed by atoms with Crippen LogP contribution in [0.25, 0.3) is 0 Å². The van der Waals surface area contributed by atoms with Gasteiger partial charge >= 0.3 is 6.03 Å². The average molecular weight is 468 g/mol. The number of nitrogens with one attached hydrogen (secondary N) is 2. The molecule has 3 aromatic carbocycles. The van der Waals surface area contributed by atoms with Crippen LogP contribution in [0.1, 0.15) is 5.56 Å². The Kier molecular flexibility index (Phi) is 7.68. The second-order valence-corrected chi connectivity index (χ2v) is 8.91. The Labute approximate surface area is 193 Å². The van der Waals surface area contributed by atoms with Crippen molar-refractivity contribution in [2.24, 2.45) is 0 Å². The fourth-order valence-corrected chi connectivity index (χ4v) is 4.12. The molecule has 0 aliphatic heterocycles. The Hall–Kier alpha value is -3.85. The first-order valence-corrected chi connectivity index (χ1v) is 11.6. The summed E-state index contributed by atoms with van der Waals surface area (Å²) in [6.45, 7) is 0. The van der Waals surface area contributed by atoms with Gasteiger partial charge in [-0.25, -0.2) is 17.9 Å². The number of carbonyl (C=O) groups excluding carboxylic acids is 2. The molecule has 3 rings (SSSR count). The third-order valence-corrected chi connectivity index (χ3v) is 6.30. The molecule has 0 spiro atoms. The van der Waals surface area contributed by atoms with Gasteiger partial charge in [-0.05, 0) is 42.0 Å². The number of ether oxygens (including phenoxy) is 1. The average Bonchev–Trinajstić information content (AvgIpc) is 2.83. The number of methoxy groups -OCH3 is 1. The van der Waals surface area contributed by atoms with Gasteiger partial charge in [0.2, 0.25) is 5.91 Å². The molecule has 0 heterocycles. The van der Waals surface area contributed by atoms with Gasteiger partial charge in [-0.2, -0.15) is 0 Å². The summed E-state index contributed by atoms with van der Waals surface area (Å²) in [5, 5.41) is 2.52. The molecule has 0 saturated carbocycles. The fraction of sp³-hybridized carbons (Fsp3) is 0.167. The minimum absolute atomic E-state index is 0.0542. The molecule has 0 unspecified atom stereocenters. The highest BCUT2D eigenvalue weighted by molar-refractivity contribution is 7.90. The monoisotopic (exact) mass is 467 g/mol. The number of rotatable bonds is 8. The van der Waals surface area contributed by atoms with Crippen molar-refractivity contribution >= 4 is 27.6 Å². The van der Waals surface area contributed by atoms with Gasteiger partial charge in [0.05, 0.1) is 12.0 Å². The number of carbonyl (C=O) groups is 2. The van der Waals surface area contributed by atoms with Gasteiger partial charge in [-0.3, -0.25) is 4.79 Å². The summed E-state index contributed by atoms with van der Waals surface area (Å²) >= 11 is 0. The van der Waals surface area contributed by atoms with E-state index in [1.165, 1.54) is 17.0 Å². The first kappa shape index (κ1) is 23.8. The van der Waals surface area contributed by atoms with Crippen molar-refractivity contribution in [1.82, 2.24) is 10.0 Å². The van der Waals surface area contributed by atoms with E-state index in [9.17, 15) is 18.0 Å². The molecule has 1 atom stereocenters. The summed E-state index contributed by atoms with van der Waals surface area (Å²) in [6.07, 6.45) is 0.180. The quantitative estimate of drug-likeness (QED) is 0.530. The molecule has 3 amide bonds. The lowest BCUT2D eigenvalue weighted by Gasteiger charge is -2.25. The van der Waals surface area contributed by atoms with Crippen LogP contribution in [-0.2, 0) is 21.2 Å². The highest BCUT2D eigenvalue weighted by Crippen LogP contribution is 2.19. The molecule has 3 aromatic rings. The summed E-state index contributed by atoms with van der Waals surface area (Å²) in [7, 11) is -0.951. The lowest BCUT2D eigenvalue weighted by Crippen LogP contribution is -2.52. The van der Waals surface area contributed by atoms with E-state index < -0.39 is 28.0 Å². The van der Waals surface area contributed by atoms with Crippen LogP contribution in [0.3, 0.4) is 0 Å². The van der Waals surface area contributed by atoms with E-state index in [1.54, 1.807) is 56.6 Å². The summed E-state index contributed by atoms with van der Waals surface area (Å²) in [5.41, 5.74) is 1.41. The van der Waals surface area contributed by atoms with E-state index in [0.29, 0.717) is 11.4 Å². The number of amides is 3. The number of hydrogen-bond donors (Lipinski definition) is 2. The zero-order valence-corrected chi connectivity index (χ0v) is 19.1. The van der Waals surface area contributed by atoms with Crippen molar-refractivity contribution in [3.8, 4) is 5.75 Å². The highest BCUT2D eigenvalue weighted by atomic mass is 32.2. The summed E-state index contributed by atoms with van der Waals surface area (Å²) in [5.74, 6) is 0.236. The van der Waals surface area contributed by atoms with Gasteiger partial charge in [-0.1, -0.05) is 48.5 Å². The Balaban J connectivity index is 1.79. The second kappa shape index (κ2) is 10.6. The molecule has 0 aromatic heterocycles. The molecule has 8 nitrogen and oxygen atoms in total. The lowest BCUT2D eigenvalue weighted by molar-refractivity contribution is -0.120. The van der Waals surface area contributed by atoms with E-state index >= 15 is 0 Å². The van der Waals surface area contributed by atoms with Gasteiger partial charge in [0, 0.05) is 19.2 Å². The van der Waals surface area contributed by atoms with Gasteiger partial charge in [0.1, 0.15) is 11.8 Å². The maximum atomic E-state index is 13.3. The number of hydrogen-bond acceptors (Lipinski definition) is 5. The topological polar surface area (TPSA) is 105 Å². The molecular weight excluding hydrogens is 442 g/mol. The van der Waals surface area contributed by atoms with E-state index in [-0.39, 0.29) is 11.3 Å². The molecule has 0 fully saturated rings. The predicted molar refractivity (Wildman–Crippen MR) is 126 cm³/mol. The third-order valence-electron chi connectivity index (χ3n) is 4.96. The van der Waals surface area contributed by atoms with Crippen LogP contribution in [0.5, 0.6) is 5.75 Å². The number of sulfonamides is 1. The number of likely N-dealkylation sites (N-methyl/N-ethyl adjacent to an activating group) is 1. The van der Waals surface area contributed by atoms with E-state index in [0.717, 1.165) is 5.56 Å². The fourth-order valence-electron chi connectivity index (χ4n) is 3.19. The minimum atomic E-state index is -4.08. The Bertz CT molecular complexity index is 1180. The van der Waals surface area contributed by atoms with Crippen molar-refractivity contribution in [2.75, 3.05) is 19.1 Å². The SMILES string of the molecule is COc1ccc(N(C)C(=O)[C@H](Cc2ccccc2)NC(=O)NS(=O)(=O)c2ccccc2)cc1. The maximum Gasteiger partial charge on any atom is 0.329 e. The van der Waals surface area contributed by atoms with Crippen LogP contribution in [0.15, 0.2) is 89.8 Å². The molecule has 2 N–H and O–H groups in total. The van der Waals surface area contributed by atoms with Gasteiger partial charge in [0.25, 0.3) is 10.0 Å². The van der Waals surface area contributed by atoms with Crippen LogP contribution in [-0.4, -0.2) is 40.6 Å². The minimum Gasteiger partial charge on any atom is -0.497 e. The van der Waals surface area contributed by atoms with Crippen LogP contribution in [0, 0.1) is 0 Å². The number of urea groups is 1. The first-order chi connectivity index (χ1) is 15.8. The van der Waals surface area contributed by atoms with Crippen molar-refractivity contribution in [3.05, 3.63) is 90.5 Å². The molecule has 33 heavy (non-hydrogen) atoms. The zero-order valence-electron chi connectivity index (χ0n) is 18.3. The van der Waals surface area contributed by atoms with Crippen LogP contribution < -0.4 is 19.7 Å². The van der Waals surface area contributed by atoms with Gasteiger partial charge in [0.15, 0.2) is 0 Å². The molecule has 9 heteroatoms.